The standard InChI is InChI=1S/C14H19O7P/c1-14(10-20-22(16,17-2)21-11-14)9-19-13(15)8-18-12-6-4-3-5-7-12/h3-7H,8-11H2,1-2H3. The fourth-order valence-electron chi connectivity index (χ4n) is 1.69. The molecule has 122 valence electrons. The van der Waals surface area contributed by atoms with E-state index in [1.165, 1.54) is 7.11 Å². The summed E-state index contributed by atoms with van der Waals surface area (Å²) in [4.78, 5) is 11.7. The summed E-state index contributed by atoms with van der Waals surface area (Å²) < 4.78 is 37.0. The van der Waals surface area contributed by atoms with E-state index in [9.17, 15) is 9.36 Å². The molecule has 2 rings (SSSR count). The lowest BCUT2D eigenvalue weighted by atomic mass is 9.94. The van der Waals surface area contributed by atoms with E-state index < -0.39 is 19.2 Å². The van der Waals surface area contributed by atoms with Crippen molar-refractivity contribution in [1.82, 2.24) is 0 Å². The van der Waals surface area contributed by atoms with Crippen molar-refractivity contribution in [3.8, 4) is 5.75 Å². The number of carbonyl (C=O) groups is 1. The van der Waals surface area contributed by atoms with Crippen molar-refractivity contribution in [2.24, 2.45) is 5.41 Å². The maximum Gasteiger partial charge on any atom is 0.474 e. The zero-order valence-electron chi connectivity index (χ0n) is 12.5. The molecule has 8 heteroatoms. The highest BCUT2D eigenvalue weighted by atomic mass is 31.2. The molecule has 0 amide bonds. The number of rotatable bonds is 6. The van der Waals surface area contributed by atoms with Crippen LogP contribution in [0, 0.1) is 5.41 Å². The second-order valence-electron chi connectivity index (χ2n) is 5.25. The van der Waals surface area contributed by atoms with Gasteiger partial charge in [0, 0.05) is 12.5 Å². The Balaban J connectivity index is 1.73. The van der Waals surface area contributed by atoms with Crippen LogP contribution >= 0.6 is 7.82 Å². The van der Waals surface area contributed by atoms with E-state index >= 15 is 0 Å². The van der Waals surface area contributed by atoms with E-state index in [4.69, 9.17) is 18.5 Å². The van der Waals surface area contributed by atoms with E-state index in [1.807, 2.05) is 18.2 Å². The molecule has 1 aliphatic rings. The van der Waals surface area contributed by atoms with Crippen LogP contribution < -0.4 is 4.74 Å². The number of esters is 1. The zero-order chi connectivity index (χ0) is 16.1. The number of phosphoric acid groups is 1. The van der Waals surface area contributed by atoms with E-state index in [-0.39, 0.29) is 26.4 Å². The number of para-hydroxylation sites is 1. The van der Waals surface area contributed by atoms with Crippen molar-refractivity contribution in [2.45, 2.75) is 6.92 Å². The molecule has 22 heavy (non-hydrogen) atoms. The lowest BCUT2D eigenvalue weighted by Gasteiger charge is -2.34. The highest BCUT2D eigenvalue weighted by Gasteiger charge is 2.40. The minimum atomic E-state index is -3.44. The normalized spacial score (nSPS) is 28.1. The topological polar surface area (TPSA) is 80.3 Å². The van der Waals surface area contributed by atoms with Gasteiger partial charge in [0.05, 0.1) is 13.2 Å². The van der Waals surface area contributed by atoms with Gasteiger partial charge in [-0.1, -0.05) is 25.1 Å². The lowest BCUT2D eigenvalue weighted by Crippen LogP contribution is -2.38. The van der Waals surface area contributed by atoms with Crippen molar-refractivity contribution < 1.29 is 32.4 Å². The summed E-state index contributed by atoms with van der Waals surface area (Å²) in [5, 5.41) is 0. The Labute approximate surface area is 129 Å². The van der Waals surface area contributed by atoms with E-state index in [0.717, 1.165) is 0 Å². The summed E-state index contributed by atoms with van der Waals surface area (Å²) >= 11 is 0. The van der Waals surface area contributed by atoms with Crippen LogP contribution in [0.2, 0.25) is 0 Å². The number of hydrogen-bond acceptors (Lipinski definition) is 7. The van der Waals surface area contributed by atoms with Crippen LogP contribution in [0.25, 0.3) is 0 Å². The quantitative estimate of drug-likeness (QED) is 0.585. The van der Waals surface area contributed by atoms with Gasteiger partial charge in [-0.25, -0.2) is 9.36 Å². The van der Waals surface area contributed by atoms with Crippen molar-refractivity contribution in [1.29, 1.82) is 0 Å². The van der Waals surface area contributed by atoms with Crippen molar-refractivity contribution in [3.63, 3.8) is 0 Å². The fourth-order valence-corrected chi connectivity index (χ4v) is 2.92. The van der Waals surface area contributed by atoms with Gasteiger partial charge in [-0.3, -0.25) is 13.6 Å². The lowest BCUT2D eigenvalue weighted by molar-refractivity contribution is -0.152. The molecular formula is C14H19O7P. The number of carbonyl (C=O) groups excluding carboxylic acids is 1. The maximum atomic E-state index is 11.7. The molecule has 1 aromatic rings. The largest absolute Gasteiger partial charge is 0.482 e. The molecule has 0 spiro atoms. The molecule has 1 saturated heterocycles. The molecule has 0 atom stereocenters. The SMILES string of the molecule is COP1(=O)OCC(C)(COC(=O)COc2ccccc2)CO1. The van der Waals surface area contributed by atoms with Gasteiger partial charge < -0.3 is 9.47 Å². The molecule has 1 fully saturated rings. The van der Waals surface area contributed by atoms with Gasteiger partial charge in [-0.15, -0.1) is 0 Å². The summed E-state index contributed by atoms with van der Waals surface area (Å²) in [6, 6.07) is 8.98. The molecule has 0 aromatic heterocycles. The smallest absolute Gasteiger partial charge is 0.474 e. The van der Waals surface area contributed by atoms with Crippen molar-refractivity contribution >= 4 is 13.8 Å². The van der Waals surface area contributed by atoms with Crippen LogP contribution in [0.15, 0.2) is 30.3 Å². The van der Waals surface area contributed by atoms with Crippen LogP contribution in [-0.2, 0) is 27.7 Å². The highest BCUT2D eigenvalue weighted by Crippen LogP contribution is 2.53. The maximum absolute atomic E-state index is 11.7. The third-order valence-corrected chi connectivity index (χ3v) is 4.39. The number of ether oxygens (including phenoxy) is 2. The molecular weight excluding hydrogens is 311 g/mol. The minimum Gasteiger partial charge on any atom is -0.482 e. The first kappa shape index (κ1) is 17.0. The molecule has 1 aliphatic heterocycles. The Hall–Kier alpha value is -1.40. The van der Waals surface area contributed by atoms with Crippen LogP contribution in [-0.4, -0.2) is 39.5 Å². The van der Waals surface area contributed by atoms with Crippen molar-refractivity contribution in [3.05, 3.63) is 30.3 Å². The van der Waals surface area contributed by atoms with Gasteiger partial charge in [0.15, 0.2) is 6.61 Å². The summed E-state index contributed by atoms with van der Waals surface area (Å²) in [5.74, 6) is 0.0987. The summed E-state index contributed by atoms with van der Waals surface area (Å²) in [7, 11) is -2.19. The molecule has 0 bridgehead atoms. The molecule has 1 aromatic carbocycles. The van der Waals surface area contributed by atoms with Gasteiger partial charge in [0.2, 0.25) is 0 Å². The predicted octanol–water partition coefficient (Wildman–Crippen LogP) is 2.42. The predicted molar refractivity (Wildman–Crippen MR) is 77.5 cm³/mol. The third-order valence-electron chi connectivity index (χ3n) is 3.05. The molecule has 7 nitrogen and oxygen atoms in total. The fraction of sp³-hybridized carbons (Fsp3) is 0.500. The Bertz CT molecular complexity index is 533. The zero-order valence-corrected chi connectivity index (χ0v) is 13.4. The Morgan fingerprint density at radius 2 is 1.91 bits per heavy atom. The molecule has 0 saturated carbocycles. The monoisotopic (exact) mass is 330 g/mol. The van der Waals surface area contributed by atoms with E-state index in [0.29, 0.717) is 5.75 Å². The molecule has 1 heterocycles. The summed E-state index contributed by atoms with van der Waals surface area (Å²) in [5.41, 5.74) is -0.575. The van der Waals surface area contributed by atoms with Gasteiger partial charge in [0.25, 0.3) is 0 Å². The van der Waals surface area contributed by atoms with Gasteiger partial charge in [-0.2, -0.15) is 0 Å². The average molecular weight is 330 g/mol. The van der Waals surface area contributed by atoms with E-state index in [2.05, 4.69) is 4.52 Å². The van der Waals surface area contributed by atoms with Gasteiger partial charge in [-0.05, 0) is 12.1 Å². The molecule has 0 aliphatic carbocycles. The van der Waals surface area contributed by atoms with Gasteiger partial charge in [0.1, 0.15) is 12.4 Å². The number of hydrogen-bond donors (Lipinski definition) is 0. The first-order valence-electron chi connectivity index (χ1n) is 6.73. The van der Waals surface area contributed by atoms with Crippen LogP contribution in [0.4, 0.5) is 0 Å². The number of benzene rings is 1. The summed E-state index contributed by atoms with van der Waals surface area (Å²) in [6.45, 7) is 1.93. The Kier molecular flexibility index (Phi) is 5.58. The van der Waals surface area contributed by atoms with Crippen LogP contribution in [0.3, 0.4) is 0 Å². The first-order chi connectivity index (χ1) is 10.4. The second kappa shape index (κ2) is 7.24. The van der Waals surface area contributed by atoms with Crippen molar-refractivity contribution in [2.75, 3.05) is 33.5 Å². The van der Waals surface area contributed by atoms with Gasteiger partial charge >= 0.3 is 13.8 Å². The second-order valence-corrected chi connectivity index (χ2v) is 7.03. The molecule has 0 N–H and O–H groups in total. The number of phosphoric ester groups is 1. The minimum absolute atomic E-state index is 0.0771. The Morgan fingerprint density at radius 3 is 2.50 bits per heavy atom. The Morgan fingerprint density at radius 1 is 1.27 bits per heavy atom. The summed E-state index contributed by atoms with van der Waals surface area (Å²) in [6.07, 6.45) is 0. The third kappa shape index (κ3) is 4.81. The average Bonchev–Trinajstić information content (AvgIpc) is 2.55. The highest BCUT2D eigenvalue weighted by molar-refractivity contribution is 7.48. The molecule has 0 unspecified atom stereocenters. The van der Waals surface area contributed by atoms with Crippen LogP contribution in [0.1, 0.15) is 6.92 Å². The first-order valence-corrected chi connectivity index (χ1v) is 8.19. The molecule has 0 radical (unpaired) electrons. The van der Waals surface area contributed by atoms with E-state index in [1.54, 1.807) is 19.1 Å². The van der Waals surface area contributed by atoms with Crippen LogP contribution in [0.5, 0.6) is 5.75 Å².